The molecule has 3 nitrogen and oxygen atoms in total. The molecular weight excluding hydrogens is 154 g/mol. The van der Waals surface area contributed by atoms with Gasteiger partial charge in [-0.3, -0.25) is 0 Å². The summed E-state index contributed by atoms with van der Waals surface area (Å²) in [6.07, 6.45) is 0.231. The predicted molar refractivity (Wildman–Crippen MR) is 47.7 cm³/mol. The van der Waals surface area contributed by atoms with Gasteiger partial charge in [-0.2, -0.15) is 0 Å². The lowest BCUT2D eigenvalue weighted by molar-refractivity contribution is 0.116. The van der Waals surface area contributed by atoms with E-state index >= 15 is 0 Å². The van der Waals surface area contributed by atoms with Gasteiger partial charge in [0.2, 0.25) is 0 Å². The minimum Gasteiger partial charge on any atom is -0.447 e. The topological polar surface area (TPSA) is 38.3 Å². The molecule has 0 aromatic heterocycles. The smallest absolute Gasteiger partial charge is 0.407 e. The lowest BCUT2D eigenvalue weighted by atomic mass is 10.4. The van der Waals surface area contributed by atoms with Crippen LogP contribution in [0.3, 0.4) is 0 Å². The highest BCUT2D eigenvalue weighted by Gasteiger charge is 2.01. The quantitative estimate of drug-likeness (QED) is 0.514. The van der Waals surface area contributed by atoms with Crippen molar-refractivity contribution in [2.75, 3.05) is 6.54 Å². The summed E-state index contributed by atoms with van der Waals surface area (Å²) in [5.74, 6) is 5.58. The minimum absolute atomic E-state index is 0.0674. The van der Waals surface area contributed by atoms with Gasteiger partial charge in [-0.1, -0.05) is 0 Å². The maximum absolute atomic E-state index is 10.8. The van der Waals surface area contributed by atoms with Gasteiger partial charge in [-0.05, 0) is 20.8 Å². The summed E-state index contributed by atoms with van der Waals surface area (Å²) < 4.78 is 4.83. The summed E-state index contributed by atoms with van der Waals surface area (Å²) in [6, 6.07) is 0. The summed E-state index contributed by atoms with van der Waals surface area (Å²) in [5, 5.41) is 2.59. The van der Waals surface area contributed by atoms with Gasteiger partial charge in [0.05, 0.1) is 6.10 Å². The first-order valence-corrected chi connectivity index (χ1v) is 4.01. The Morgan fingerprint density at radius 3 is 2.75 bits per heavy atom. The lowest BCUT2D eigenvalue weighted by Gasteiger charge is -2.07. The second-order valence-corrected chi connectivity index (χ2v) is 2.56. The van der Waals surface area contributed by atoms with Gasteiger partial charge >= 0.3 is 6.09 Å². The van der Waals surface area contributed by atoms with Crippen molar-refractivity contribution in [3.63, 3.8) is 0 Å². The van der Waals surface area contributed by atoms with Crippen molar-refractivity contribution >= 4 is 6.09 Å². The van der Waals surface area contributed by atoms with E-state index in [1.54, 1.807) is 6.92 Å². The van der Waals surface area contributed by atoms with Crippen LogP contribution in [0.4, 0.5) is 4.79 Å². The van der Waals surface area contributed by atoms with E-state index in [1.807, 2.05) is 13.8 Å². The summed E-state index contributed by atoms with van der Waals surface area (Å²) >= 11 is 0. The maximum Gasteiger partial charge on any atom is 0.407 e. The molecule has 0 saturated carbocycles. The van der Waals surface area contributed by atoms with Crippen LogP contribution < -0.4 is 5.32 Å². The van der Waals surface area contributed by atoms with Gasteiger partial charge in [-0.25, -0.2) is 4.79 Å². The Balaban J connectivity index is 3.36. The Morgan fingerprint density at radius 1 is 1.58 bits per heavy atom. The van der Waals surface area contributed by atoms with E-state index in [0.717, 1.165) is 0 Å². The largest absolute Gasteiger partial charge is 0.447 e. The summed E-state index contributed by atoms with van der Waals surface area (Å²) in [5.41, 5.74) is 0. The molecule has 0 radical (unpaired) electrons. The molecule has 1 amide bonds. The number of hydrogen-bond acceptors (Lipinski definition) is 2. The first kappa shape index (κ1) is 10.8. The van der Waals surface area contributed by atoms with Crippen molar-refractivity contribution in [1.82, 2.24) is 5.32 Å². The van der Waals surface area contributed by atoms with E-state index in [4.69, 9.17) is 4.74 Å². The highest BCUT2D eigenvalue weighted by molar-refractivity contribution is 5.67. The van der Waals surface area contributed by atoms with Crippen LogP contribution >= 0.6 is 0 Å². The highest BCUT2D eigenvalue weighted by atomic mass is 16.6. The zero-order chi connectivity index (χ0) is 9.40. The van der Waals surface area contributed by atoms with E-state index in [1.165, 1.54) is 0 Å². The molecule has 0 fully saturated rings. The number of nitrogens with one attached hydrogen (secondary N) is 1. The Kier molecular flexibility index (Phi) is 5.90. The fourth-order valence-corrected chi connectivity index (χ4v) is 0.608. The Hall–Kier alpha value is -1.17. The fraction of sp³-hybridized carbons (Fsp3) is 0.667. The Morgan fingerprint density at radius 2 is 2.25 bits per heavy atom. The highest BCUT2D eigenvalue weighted by Crippen LogP contribution is 1.87. The van der Waals surface area contributed by atoms with Crippen LogP contribution in [0.15, 0.2) is 0 Å². The third-order valence-electron chi connectivity index (χ3n) is 1.04. The zero-order valence-corrected chi connectivity index (χ0v) is 7.81. The van der Waals surface area contributed by atoms with Crippen LogP contribution in [-0.2, 0) is 4.74 Å². The molecule has 68 valence electrons. The number of hydrogen-bond donors (Lipinski definition) is 1. The Labute approximate surface area is 73.5 Å². The normalized spacial score (nSPS) is 8.67. The van der Waals surface area contributed by atoms with Crippen molar-refractivity contribution in [2.24, 2.45) is 0 Å². The number of alkyl carbamates (subject to hydrolysis) is 1. The molecule has 0 aromatic rings. The number of carbonyl (C=O) groups excluding carboxylic acids is 1. The number of carbonyl (C=O) groups is 1. The van der Waals surface area contributed by atoms with Crippen LogP contribution in [0.25, 0.3) is 0 Å². The summed E-state index contributed by atoms with van der Waals surface area (Å²) in [4.78, 5) is 10.8. The molecule has 0 unspecified atom stereocenters. The number of ether oxygens (including phenoxy) is 1. The van der Waals surface area contributed by atoms with Crippen LogP contribution in [0.2, 0.25) is 0 Å². The van der Waals surface area contributed by atoms with E-state index in [0.29, 0.717) is 13.0 Å². The molecule has 0 heterocycles. The number of rotatable bonds is 3. The van der Waals surface area contributed by atoms with Gasteiger partial charge in [0, 0.05) is 13.0 Å². The molecule has 12 heavy (non-hydrogen) atoms. The zero-order valence-electron chi connectivity index (χ0n) is 7.81. The molecule has 3 heteroatoms. The van der Waals surface area contributed by atoms with Gasteiger partial charge in [0.1, 0.15) is 0 Å². The van der Waals surface area contributed by atoms with Crippen LogP contribution in [-0.4, -0.2) is 18.7 Å². The van der Waals surface area contributed by atoms with Crippen LogP contribution in [0.1, 0.15) is 27.2 Å². The molecule has 0 aliphatic heterocycles. The molecule has 1 N–H and O–H groups in total. The molecule has 0 aliphatic rings. The van der Waals surface area contributed by atoms with E-state index < -0.39 is 0 Å². The third kappa shape index (κ3) is 6.94. The van der Waals surface area contributed by atoms with Crippen molar-refractivity contribution < 1.29 is 9.53 Å². The van der Waals surface area contributed by atoms with E-state index in [2.05, 4.69) is 17.2 Å². The second-order valence-electron chi connectivity index (χ2n) is 2.56. The van der Waals surface area contributed by atoms with E-state index in [-0.39, 0.29) is 12.2 Å². The van der Waals surface area contributed by atoms with E-state index in [9.17, 15) is 4.79 Å². The van der Waals surface area contributed by atoms with Gasteiger partial charge in [0.25, 0.3) is 0 Å². The Bertz CT molecular complexity index is 188. The second kappa shape index (κ2) is 6.53. The molecule has 0 aliphatic carbocycles. The van der Waals surface area contributed by atoms with Crippen LogP contribution in [0, 0.1) is 11.8 Å². The molecule has 0 rings (SSSR count). The van der Waals surface area contributed by atoms with Crippen molar-refractivity contribution in [3.05, 3.63) is 0 Å². The summed E-state index contributed by atoms with van der Waals surface area (Å²) in [6.45, 7) is 5.94. The predicted octanol–water partition coefficient (Wildman–Crippen LogP) is 1.53. The minimum atomic E-state index is -0.372. The lowest BCUT2D eigenvalue weighted by Crippen LogP contribution is -2.27. The molecule has 0 bridgehead atoms. The average molecular weight is 169 g/mol. The summed E-state index contributed by atoms with van der Waals surface area (Å²) in [7, 11) is 0. The SMILES string of the molecule is CC#CCCNC(=O)OC(C)C. The first-order valence-electron chi connectivity index (χ1n) is 4.01. The number of amides is 1. The van der Waals surface area contributed by atoms with Crippen molar-refractivity contribution in [2.45, 2.75) is 33.3 Å². The molecule has 0 aromatic carbocycles. The van der Waals surface area contributed by atoms with Gasteiger partial charge in [-0.15, -0.1) is 11.8 Å². The monoisotopic (exact) mass is 169 g/mol. The fourth-order valence-electron chi connectivity index (χ4n) is 0.608. The van der Waals surface area contributed by atoms with Crippen molar-refractivity contribution in [1.29, 1.82) is 0 Å². The maximum atomic E-state index is 10.8. The molecule has 0 spiro atoms. The van der Waals surface area contributed by atoms with Crippen LogP contribution in [0.5, 0.6) is 0 Å². The molecule has 0 saturated heterocycles. The van der Waals surface area contributed by atoms with Gasteiger partial charge in [0.15, 0.2) is 0 Å². The van der Waals surface area contributed by atoms with Crippen molar-refractivity contribution in [3.8, 4) is 11.8 Å². The molecule has 0 atom stereocenters. The third-order valence-corrected chi connectivity index (χ3v) is 1.04. The standard InChI is InChI=1S/C9H15NO2/c1-4-5-6-7-10-9(11)12-8(2)3/h8H,6-7H2,1-3H3,(H,10,11). The molecular formula is C9H15NO2. The van der Waals surface area contributed by atoms with Gasteiger partial charge < -0.3 is 10.1 Å². The first-order chi connectivity index (χ1) is 5.66. The average Bonchev–Trinajstić information content (AvgIpc) is 1.97.